The van der Waals surface area contributed by atoms with E-state index in [4.69, 9.17) is 0 Å². The van der Waals surface area contributed by atoms with Gasteiger partial charge in [0.05, 0.1) is 11.9 Å². The fourth-order valence-electron chi connectivity index (χ4n) is 2.73. The molecule has 0 spiro atoms. The van der Waals surface area contributed by atoms with E-state index in [1.807, 2.05) is 12.3 Å². The van der Waals surface area contributed by atoms with Gasteiger partial charge in [0.15, 0.2) is 5.82 Å². The van der Waals surface area contributed by atoms with E-state index in [9.17, 15) is 0 Å². The summed E-state index contributed by atoms with van der Waals surface area (Å²) in [4.78, 5) is 8.31. The number of pyridine rings is 1. The van der Waals surface area contributed by atoms with E-state index in [1.165, 1.54) is 25.6 Å². The highest BCUT2D eigenvalue weighted by atomic mass is 15.3. The number of hydrogen-bond donors (Lipinski definition) is 1. The van der Waals surface area contributed by atoms with Gasteiger partial charge in [-0.25, -0.2) is 14.6 Å². The highest BCUT2D eigenvalue weighted by Gasteiger charge is 2.30. The van der Waals surface area contributed by atoms with Gasteiger partial charge in [-0.2, -0.15) is 5.10 Å². The average Bonchev–Trinajstić information content (AvgIpc) is 3.00. The summed E-state index contributed by atoms with van der Waals surface area (Å²) >= 11 is 0. The fraction of sp³-hybridized carbons (Fsp3) is 0.500. The molecular weight excluding hydrogens is 238 g/mol. The summed E-state index contributed by atoms with van der Waals surface area (Å²) in [5.41, 5.74) is 1.54. The smallest absolute Gasteiger partial charge is 0.155 e. The van der Waals surface area contributed by atoms with E-state index in [0.717, 1.165) is 11.5 Å². The predicted molar refractivity (Wildman–Crippen MR) is 74.2 cm³/mol. The second-order valence-corrected chi connectivity index (χ2v) is 5.99. The molecule has 0 aromatic carbocycles. The van der Waals surface area contributed by atoms with Crippen LogP contribution in [0.2, 0.25) is 0 Å². The number of nitrogens with zero attached hydrogens (tertiary/aromatic N) is 4. The van der Waals surface area contributed by atoms with E-state index in [2.05, 4.69) is 40.3 Å². The summed E-state index contributed by atoms with van der Waals surface area (Å²) in [5, 5.41) is 7.62. The number of anilines is 1. The molecule has 19 heavy (non-hydrogen) atoms. The third kappa shape index (κ3) is 2.75. The molecule has 100 valence electrons. The van der Waals surface area contributed by atoms with E-state index in [-0.39, 0.29) is 0 Å². The molecule has 0 bridgehead atoms. The molecule has 5 heteroatoms. The van der Waals surface area contributed by atoms with Crippen molar-refractivity contribution in [1.29, 1.82) is 0 Å². The highest BCUT2D eigenvalue weighted by Crippen LogP contribution is 2.38. The Morgan fingerprint density at radius 1 is 1.37 bits per heavy atom. The number of aromatic nitrogens is 4. The quantitative estimate of drug-likeness (QED) is 0.918. The number of nitrogens with one attached hydrogen (secondary N) is 1. The largest absolute Gasteiger partial charge is 0.381 e. The van der Waals surface area contributed by atoms with E-state index < -0.39 is 0 Å². The van der Waals surface area contributed by atoms with Crippen LogP contribution in [0.1, 0.15) is 33.1 Å². The lowest BCUT2D eigenvalue weighted by Crippen LogP contribution is -2.17. The lowest BCUT2D eigenvalue weighted by Gasteiger charge is -2.18. The molecule has 2 heterocycles. The molecule has 1 unspecified atom stereocenters. The Balaban J connectivity index is 1.67. The monoisotopic (exact) mass is 257 g/mol. The van der Waals surface area contributed by atoms with Gasteiger partial charge in [-0.15, -0.1) is 0 Å². The lowest BCUT2D eigenvalue weighted by molar-refractivity contribution is 0.378. The Labute approximate surface area is 113 Å². The SMILES string of the molecule is CC1(C)CCC(Nc2ccc(-n3cncn3)nc2)C1. The molecular formula is C14H19N5. The molecule has 2 aromatic heterocycles. The second-order valence-electron chi connectivity index (χ2n) is 5.99. The third-order valence-electron chi connectivity index (χ3n) is 3.74. The van der Waals surface area contributed by atoms with Crippen molar-refractivity contribution >= 4 is 5.69 Å². The molecule has 1 N–H and O–H groups in total. The first kappa shape index (κ1) is 12.1. The summed E-state index contributed by atoms with van der Waals surface area (Å²) < 4.78 is 1.66. The van der Waals surface area contributed by atoms with Crippen LogP contribution in [0, 0.1) is 5.41 Å². The maximum atomic E-state index is 4.40. The van der Waals surface area contributed by atoms with Crippen molar-refractivity contribution in [1.82, 2.24) is 19.7 Å². The normalized spacial score (nSPS) is 21.5. The van der Waals surface area contributed by atoms with Crippen molar-refractivity contribution in [3.05, 3.63) is 31.0 Å². The number of hydrogen-bond acceptors (Lipinski definition) is 4. The molecule has 0 saturated heterocycles. The van der Waals surface area contributed by atoms with Crippen LogP contribution in [0.4, 0.5) is 5.69 Å². The second kappa shape index (κ2) is 4.64. The summed E-state index contributed by atoms with van der Waals surface area (Å²) in [7, 11) is 0. The van der Waals surface area contributed by atoms with Gasteiger partial charge < -0.3 is 5.32 Å². The molecule has 1 aliphatic rings. The molecule has 0 radical (unpaired) electrons. The minimum Gasteiger partial charge on any atom is -0.381 e. The summed E-state index contributed by atoms with van der Waals surface area (Å²) in [6.45, 7) is 4.67. The molecule has 2 aromatic rings. The molecule has 1 saturated carbocycles. The van der Waals surface area contributed by atoms with Crippen molar-refractivity contribution in [2.45, 2.75) is 39.2 Å². The van der Waals surface area contributed by atoms with Crippen LogP contribution in [-0.4, -0.2) is 25.8 Å². The van der Waals surface area contributed by atoms with Gasteiger partial charge in [0.25, 0.3) is 0 Å². The van der Waals surface area contributed by atoms with Gasteiger partial charge in [0.1, 0.15) is 12.7 Å². The zero-order chi connectivity index (χ0) is 13.3. The molecule has 5 nitrogen and oxygen atoms in total. The average molecular weight is 257 g/mol. The van der Waals surface area contributed by atoms with Gasteiger partial charge in [0, 0.05) is 6.04 Å². The number of rotatable bonds is 3. The van der Waals surface area contributed by atoms with Crippen molar-refractivity contribution in [2.24, 2.45) is 5.41 Å². The zero-order valence-corrected chi connectivity index (χ0v) is 11.4. The Kier molecular flexibility index (Phi) is 2.97. The van der Waals surface area contributed by atoms with Crippen molar-refractivity contribution in [2.75, 3.05) is 5.32 Å². The zero-order valence-electron chi connectivity index (χ0n) is 11.4. The highest BCUT2D eigenvalue weighted by molar-refractivity contribution is 5.44. The Morgan fingerprint density at radius 2 is 2.26 bits per heavy atom. The van der Waals surface area contributed by atoms with Crippen LogP contribution in [0.15, 0.2) is 31.0 Å². The molecule has 3 rings (SSSR count). The Morgan fingerprint density at radius 3 is 2.84 bits per heavy atom. The van der Waals surface area contributed by atoms with Crippen LogP contribution < -0.4 is 5.32 Å². The maximum Gasteiger partial charge on any atom is 0.155 e. The van der Waals surface area contributed by atoms with Gasteiger partial charge in [-0.3, -0.25) is 0 Å². The first-order chi connectivity index (χ1) is 9.12. The summed E-state index contributed by atoms with van der Waals surface area (Å²) in [6, 6.07) is 4.57. The molecule has 1 atom stereocenters. The van der Waals surface area contributed by atoms with Gasteiger partial charge in [0.2, 0.25) is 0 Å². The standard InChI is InChI=1S/C14H19N5/c1-14(2)6-5-11(7-14)18-12-3-4-13(16-8-12)19-10-15-9-17-19/h3-4,8-11,18H,5-7H2,1-2H3. The first-order valence-corrected chi connectivity index (χ1v) is 6.70. The Hall–Kier alpha value is -1.91. The van der Waals surface area contributed by atoms with Crippen LogP contribution in [0.3, 0.4) is 0 Å². The van der Waals surface area contributed by atoms with E-state index in [1.54, 1.807) is 11.0 Å². The fourth-order valence-corrected chi connectivity index (χ4v) is 2.73. The van der Waals surface area contributed by atoms with Crippen molar-refractivity contribution < 1.29 is 0 Å². The maximum absolute atomic E-state index is 4.40. The molecule has 0 aliphatic heterocycles. The molecule has 1 aliphatic carbocycles. The Bertz CT molecular complexity index is 529. The lowest BCUT2D eigenvalue weighted by atomic mass is 9.92. The van der Waals surface area contributed by atoms with Crippen LogP contribution in [-0.2, 0) is 0 Å². The van der Waals surface area contributed by atoms with Gasteiger partial charge in [-0.05, 0) is 36.8 Å². The van der Waals surface area contributed by atoms with Gasteiger partial charge in [-0.1, -0.05) is 13.8 Å². The van der Waals surface area contributed by atoms with Crippen LogP contribution in [0.25, 0.3) is 5.82 Å². The molecule has 1 fully saturated rings. The van der Waals surface area contributed by atoms with Crippen molar-refractivity contribution in [3.63, 3.8) is 0 Å². The summed E-state index contributed by atoms with van der Waals surface area (Å²) in [6.07, 6.45) is 8.76. The minimum absolute atomic E-state index is 0.464. The van der Waals surface area contributed by atoms with E-state index >= 15 is 0 Å². The third-order valence-corrected chi connectivity index (χ3v) is 3.74. The van der Waals surface area contributed by atoms with E-state index in [0.29, 0.717) is 11.5 Å². The van der Waals surface area contributed by atoms with Crippen LogP contribution >= 0.6 is 0 Å². The summed E-state index contributed by atoms with van der Waals surface area (Å²) in [5.74, 6) is 0.787. The van der Waals surface area contributed by atoms with Gasteiger partial charge >= 0.3 is 0 Å². The molecule has 0 amide bonds. The van der Waals surface area contributed by atoms with Crippen LogP contribution in [0.5, 0.6) is 0 Å². The minimum atomic E-state index is 0.464. The topological polar surface area (TPSA) is 55.6 Å². The van der Waals surface area contributed by atoms with Crippen molar-refractivity contribution in [3.8, 4) is 5.82 Å². The first-order valence-electron chi connectivity index (χ1n) is 6.70. The predicted octanol–water partition coefficient (Wildman–Crippen LogP) is 2.65.